The third kappa shape index (κ3) is 3.28. The van der Waals surface area contributed by atoms with Crippen LogP contribution in [0.1, 0.15) is 25.8 Å². The minimum absolute atomic E-state index is 0.727. The van der Waals surface area contributed by atoms with E-state index in [-0.39, 0.29) is 0 Å². The molecule has 1 aliphatic rings. The molecule has 1 heterocycles. The van der Waals surface area contributed by atoms with Crippen molar-refractivity contribution in [2.45, 2.75) is 32.9 Å². The van der Waals surface area contributed by atoms with Gasteiger partial charge in [0.2, 0.25) is 0 Å². The van der Waals surface area contributed by atoms with Crippen molar-refractivity contribution >= 4 is 10.8 Å². The highest BCUT2D eigenvalue weighted by atomic mass is 15.3. The molecule has 1 aliphatic heterocycles. The molecule has 0 saturated carbocycles. The van der Waals surface area contributed by atoms with Crippen LogP contribution in [-0.2, 0) is 6.54 Å². The fourth-order valence-corrected chi connectivity index (χ4v) is 3.29. The van der Waals surface area contributed by atoms with Gasteiger partial charge in [-0.25, -0.2) is 0 Å². The van der Waals surface area contributed by atoms with Crippen molar-refractivity contribution in [2.24, 2.45) is 0 Å². The summed E-state index contributed by atoms with van der Waals surface area (Å²) < 4.78 is 0. The Morgan fingerprint density at radius 1 is 0.952 bits per heavy atom. The molecule has 0 N–H and O–H groups in total. The predicted molar refractivity (Wildman–Crippen MR) is 90.6 cm³/mol. The van der Waals surface area contributed by atoms with Gasteiger partial charge >= 0.3 is 0 Å². The average Bonchev–Trinajstić information content (AvgIpc) is 2.55. The average molecular weight is 282 g/mol. The second-order valence-electron chi connectivity index (χ2n) is 6.21. The van der Waals surface area contributed by atoms with Crippen molar-refractivity contribution in [2.75, 3.05) is 26.2 Å². The van der Waals surface area contributed by atoms with Crippen LogP contribution in [0, 0.1) is 0 Å². The predicted octanol–water partition coefficient (Wildman–Crippen LogP) is 3.76. The van der Waals surface area contributed by atoms with Gasteiger partial charge in [-0.3, -0.25) is 9.80 Å². The lowest BCUT2D eigenvalue weighted by Crippen LogP contribution is -2.49. The van der Waals surface area contributed by atoms with Crippen LogP contribution in [0.3, 0.4) is 0 Å². The Labute approximate surface area is 128 Å². The number of hydrogen-bond acceptors (Lipinski definition) is 2. The van der Waals surface area contributed by atoms with E-state index in [2.05, 4.69) is 66.1 Å². The van der Waals surface area contributed by atoms with Crippen LogP contribution in [0.15, 0.2) is 42.5 Å². The van der Waals surface area contributed by atoms with Crippen LogP contribution in [0.25, 0.3) is 10.8 Å². The molecule has 1 fully saturated rings. The van der Waals surface area contributed by atoms with Crippen LogP contribution >= 0.6 is 0 Å². The first-order valence-electron chi connectivity index (χ1n) is 8.21. The van der Waals surface area contributed by atoms with E-state index in [1.54, 1.807) is 0 Å². The fraction of sp³-hybridized carbons (Fsp3) is 0.474. The summed E-state index contributed by atoms with van der Waals surface area (Å²) in [6, 6.07) is 16.1. The molecule has 0 amide bonds. The van der Waals surface area contributed by atoms with Gasteiger partial charge in [0.25, 0.3) is 0 Å². The Morgan fingerprint density at radius 2 is 1.67 bits per heavy atom. The molecule has 1 atom stereocenters. The Hall–Kier alpha value is -1.38. The highest BCUT2D eigenvalue weighted by Gasteiger charge is 2.20. The lowest BCUT2D eigenvalue weighted by molar-refractivity contribution is 0.0966. The lowest BCUT2D eigenvalue weighted by atomic mass is 10.0. The minimum Gasteiger partial charge on any atom is -0.298 e. The Bertz CT molecular complexity index is 580. The Morgan fingerprint density at radius 3 is 2.43 bits per heavy atom. The quantitative estimate of drug-likeness (QED) is 0.842. The first kappa shape index (κ1) is 14.6. The molecule has 2 aromatic rings. The standard InChI is InChI=1S/C19H26N2/c1-3-16(2)21-13-11-20(12-14-21)15-18-9-6-8-17-7-4-5-10-19(17)18/h4-10,16H,3,11-15H2,1-2H3. The number of nitrogens with zero attached hydrogens (tertiary/aromatic N) is 2. The van der Waals surface area contributed by atoms with E-state index in [9.17, 15) is 0 Å². The van der Waals surface area contributed by atoms with Crippen LogP contribution in [0.4, 0.5) is 0 Å². The van der Waals surface area contributed by atoms with Crippen molar-refractivity contribution in [1.29, 1.82) is 0 Å². The monoisotopic (exact) mass is 282 g/mol. The highest BCUT2D eigenvalue weighted by Crippen LogP contribution is 2.20. The third-order valence-corrected chi connectivity index (χ3v) is 4.89. The molecule has 0 aromatic heterocycles. The molecule has 0 aliphatic carbocycles. The van der Waals surface area contributed by atoms with Gasteiger partial charge in [0, 0.05) is 38.8 Å². The molecule has 3 rings (SSSR count). The topological polar surface area (TPSA) is 6.48 Å². The normalized spacial score (nSPS) is 19.0. The summed E-state index contributed by atoms with van der Waals surface area (Å²) >= 11 is 0. The van der Waals surface area contributed by atoms with Gasteiger partial charge in [0.15, 0.2) is 0 Å². The maximum atomic E-state index is 2.62. The first-order chi connectivity index (χ1) is 10.3. The summed E-state index contributed by atoms with van der Waals surface area (Å²) in [5, 5.41) is 2.76. The SMILES string of the molecule is CCC(C)N1CCN(Cc2cccc3ccccc23)CC1. The van der Waals surface area contributed by atoms with Gasteiger partial charge in [-0.15, -0.1) is 0 Å². The molecule has 21 heavy (non-hydrogen) atoms. The molecule has 0 radical (unpaired) electrons. The number of piperazine rings is 1. The van der Waals surface area contributed by atoms with Gasteiger partial charge in [0.05, 0.1) is 0 Å². The van der Waals surface area contributed by atoms with E-state index in [0.717, 1.165) is 12.6 Å². The van der Waals surface area contributed by atoms with E-state index in [0.29, 0.717) is 0 Å². The number of fused-ring (bicyclic) bond motifs is 1. The third-order valence-electron chi connectivity index (χ3n) is 4.89. The number of rotatable bonds is 4. The summed E-state index contributed by atoms with van der Waals surface area (Å²) in [5.41, 5.74) is 1.46. The molecule has 2 nitrogen and oxygen atoms in total. The van der Waals surface area contributed by atoms with Crippen molar-refractivity contribution in [3.63, 3.8) is 0 Å². The molecule has 0 bridgehead atoms. The van der Waals surface area contributed by atoms with Gasteiger partial charge in [-0.05, 0) is 29.7 Å². The zero-order valence-electron chi connectivity index (χ0n) is 13.3. The summed E-state index contributed by atoms with van der Waals surface area (Å²) in [5.74, 6) is 0. The fourth-order valence-electron chi connectivity index (χ4n) is 3.29. The van der Waals surface area contributed by atoms with E-state index in [1.165, 1.54) is 48.9 Å². The Balaban J connectivity index is 1.67. The van der Waals surface area contributed by atoms with E-state index in [4.69, 9.17) is 0 Å². The largest absolute Gasteiger partial charge is 0.298 e. The first-order valence-corrected chi connectivity index (χ1v) is 8.21. The minimum atomic E-state index is 0.727. The zero-order chi connectivity index (χ0) is 14.7. The molecular weight excluding hydrogens is 256 g/mol. The van der Waals surface area contributed by atoms with Crippen molar-refractivity contribution in [1.82, 2.24) is 9.80 Å². The molecule has 1 saturated heterocycles. The van der Waals surface area contributed by atoms with Crippen molar-refractivity contribution in [3.8, 4) is 0 Å². The maximum absolute atomic E-state index is 2.62. The maximum Gasteiger partial charge on any atom is 0.0240 e. The van der Waals surface area contributed by atoms with Crippen LogP contribution in [0.2, 0.25) is 0 Å². The second kappa shape index (κ2) is 6.59. The molecule has 2 heteroatoms. The molecule has 0 spiro atoms. The molecule has 2 aromatic carbocycles. The van der Waals surface area contributed by atoms with Gasteiger partial charge < -0.3 is 0 Å². The summed E-state index contributed by atoms with van der Waals surface area (Å²) in [6.45, 7) is 10.5. The van der Waals surface area contributed by atoms with Crippen LogP contribution in [0.5, 0.6) is 0 Å². The van der Waals surface area contributed by atoms with Crippen LogP contribution in [-0.4, -0.2) is 42.0 Å². The zero-order valence-corrected chi connectivity index (χ0v) is 13.3. The number of hydrogen-bond donors (Lipinski definition) is 0. The smallest absolute Gasteiger partial charge is 0.0240 e. The molecular formula is C19H26N2. The lowest BCUT2D eigenvalue weighted by Gasteiger charge is -2.38. The van der Waals surface area contributed by atoms with Gasteiger partial charge in [-0.2, -0.15) is 0 Å². The van der Waals surface area contributed by atoms with E-state index in [1.807, 2.05) is 0 Å². The van der Waals surface area contributed by atoms with Gasteiger partial charge in [-0.1, -0.05) is 49.4 Å². The van der Waals surface area contributed by atoms with Gasteiger partial charge in [0.1, 0.15) is 0 Å². The van der Waals surface area contributed by atoms with Crippen LogP contribution < -0.4 is 0 Å². The van der Waals surface area contributed by atoms with Crippen molar-refractivity contribution < 1.29 is 0 Å². The molecule has 112 valence electrons. The summed E-state index contributed by atoms with van der Waals surface area (Å²) in [6.07, 6.45) is 1.25. The van der Waals surface area contributed by atoms with Crippen molar-refractivity contribution in [3.05, 3.63) is 48.0 Å². The van der Waals surface area contributed by atoms with E-state index >= 15 is 0 Å². The summed E-state index contributed by atoms with van der Waals surface area (Å²) in [7, 11) is 0. The second-order valence-corrected chi connectivity index (χ2v) is 6.21. The van der Waals surface area contributed by atoms with E-state index < -0.39 is 0 Å². The summed E-state index contributed by atoms with van der Waals surface area (Å²) in [4.78, 5) is 5.22. The highest BCUT2D eigenvalue weighted by molar-refractivity contribution is 5.85. The number of benzene rings is 2. The molecule has 1 unspecified atom stereocenters. The Kier molecular flexibility index (Phi) is 4.57.